The Hall–Kier alpha value is -1.90. The number of pyridine rings is 1. The number of aromatic nitrogens is 1. The van der Waals surface area contributed by atoms with Crippen LogP contribution in [0.5, 0.6) is 0 Å². The van der Waals surface area contributed by atoms with Crippen molar-refractivity contribution in [3.05, 3.63) is 59.2 Å². The summed E-state index contributed by atoms with van der Waals surface area (Å²) in [6.07, 6.45) is 3.97. The van der Waals surface area contributed by atoms with E-state index in [0.717, 1.165) is 11.1 Å². The minimum absolute atomic E-state index is 0.181. The van der Waals surface area contributed by atoms with Crippen LogP contribution in [0.2, 0.25) is 0 Å². The average Bonchev–Trinajstić information content (AvgIpc) is 2.27. The third-order valence-corrected chi connectivity index (χ3v) is 2.57. The Morgan fingerprint density at radius 2 is 2.12 bits per heavy atom. The molecule has 3 heteroatoms. The highest BCUT2D eigenvalue weighted by Crippen LogP contribution is 2.16. The van der Waals surface area contributed by atoms with E-state index in [9.17, 15) is 4.39 Å². The molecule has 2 rings (SSSR count). The Kier molecular flexibility index (Phi) is 2.86. The first kappa shape index (κ1) is 10.6. The highest BCUT2D eigenvalue weighted by atomic mass is 19.1. The van der Waals surface area contributed by atoms with Gasteiger partial charge in [-0.3, -0.25) is 4.98 Å². The number of nitrogen functional groups attached to an aromatic ring is 1. The Bertz CT molecular complexity index is 509. The lowest BCUT2D eigenvalue weighted by Crippen LogP contribution is -1.97. The van der Waals surface area contributed by atoms with Crippen LogP contribution >= 0.6 is 0 Å². The fourth-order valence-corrected chi connectivity index (χ4v) is 1.55. The fourth-order valence-electron chi connectivity index (χ4n) is 1.55. The summed E-state index contributed by atoms with van der Waals surface area (Å²) in [7, 11) is 0. The van der Waals surface area contributed by atoms with Gasteiger partial charge < -0.3 is 5.73 Å². The summed E-state index contributed by atoms with van der Waals surface area (Å²) in [6.45, 7) is 1.75. The van der Waals surface area contributed by atoms with Gasteiger partial charge >= 0.3 is 0 Å². The van der Waals surface area contributed by atoms with Gasteiger partial charge in [0.1, 0.15) is 5.82 Å². The van der Waals surface area contributed by atoms with E-state index >= 15 is 0 Å². The second kappa shape index (κ2) is 4.31. The number of hydrogen-bond acceptors (Lipinski definition) is 2. The van der Waals surface area contributed by atoms with E-state index in [1.165, 1.54) is 0 Å². The number of aryl methyl sites for hydroxylation is 1. The lowest BCUT2D eigenvalue weighted by atomic mass is 10.0. The van der Waals surface area contributed by atoms with Crippen molar-refractivity contribution in [3.8, 4) is 0 Å². The van der Waals surface area contributed by atoms with Crippen molar-refractivity contribution in [3.63, 3.8) is 0 Å². The third-order valence-electron chi connectivity index (χ3n) is 2.57. The second-order valence-electron chi connectivity index (χ2n) is 3.83. The summed E-state index contributed by atoms with van der Waals surface area (Å²) in [6, 6.07) is 6.98. The molecule has 0 unspecified atom stereocenters. The maximum atomic E-state index is 13.3. The molecule has 2 aromatic rings. The van der Waals surface area contributed by atoms with Gasteiger partial charge in [-0.2, -0.15) is 0 Å². The van der Waals surface area contributed by atoms with Gasteiger partial charge in [0.2, 0.25) is 0 Å². The molecule has 0 radical (unpaired) electrons. The van der Waals surface area contributed by atoms with Crippen molar-refractivity contribution < 1.29 is 4.39 Å². The Balaban J connectivity index is 2.28. The van der Waals surface area contributed by atoms with Gasteiger partial charge in [0.05, 0.1) is 0 Å². The van der Waals surface area contributed by atoms with Crippen LogP contribution in [0, 0.1) is 12.7 Å². The van der Waals surface area contributed by atoms with E-state index in [2.05, 4.69) is 4.98 Å². The molecule has 1 aromatic carbocycles. The van der Waals surface area contributed by atoms with Crippen molar-refractivity contribution in [2.24, 2.45) is 0 Å². The summed E-state index contributed by atoms with van der Waals surface area (Å²) < 4.78 is 13.3. The molecule has 16 heavy (non-hydrogen) atoms. The molecule has 1 heterocycles. The first-order chi connectivity index (χ1) is 7.66. The molecule has 0 spiro atoms. The minimum Gasteiger partial charge on any atom is -0.398 e. The van der Waals surface area contributed by atoms with Crippen LogP contribution in [-0.2, 0) is 6.42 Å². The summed E-state index contributed by atoms with van der Waals surface area (Å²) >= 11 is 0. The highest BCUT2D eigenvalue weighted by Gasteiger charge is 2.03. The number of benzene rings is 1. The molecule has 0 fully saturated rings. The van der Waals surface area contributed by atoms with Crippen molar-refractivity contribution in [2.45, 2.75) is 13.3 Å². The molecule has 0 saturated heterocycles. The van der Waals surface area contributed by atoms with E-state index in [1.54, 1.807) is 37.5 Å². The fraction of sp³-hybridized carbons (Fsp3) is 0.154. The number of halogens is 1. The molecule has 0 aliphatic rings. The monoisotopic (exact) mass is 216 g/mol. The Morgan fingerprint density at radius 3 is 2.81 bits per heavy atom. The number of rotatable bonds is 2. The van der Waals surface area contributed by atoms with E-state index < -0.39 is 0 Å². The molecule has 0 aliphatic carbocycles. The van der Waals surface area contributed by atoms with Gasteiger partial charge in [0.25, 0.3) is 0 Å². The molecule has 0 atom stereocenters. The van der Waals surface area contributed by atoms with Gasteiger partial charge in [-0.1, -0.05) is 12.1 Å². The van der Waals surface area contributed by atoms with Crippen LogP contribution < -0.4 is 5.73 Å². The van der Waals surface area contributed by atoms with Crippen LogP contribution in [0.15, 0.2) is 36.7 Å². The molecular formula is C13H13FN2. The van der Waals surface area contributed by atoms with Crippen molar-refractivity contribution in [2.75, 3.05) is 5.73 Å². The van der Waals surface area contributed by atoms with Crippen LogP contribution in [0.4, 0.5) is 10.1 Å². The topological polar surface area (TPSA) is 38.9 Å². The summed E-state index contributed by atoms with van der Waals surface area (Å²) in [5.74, 6) is -0.181. The molecule has 0 bridgehead atoms. The summed E-state index contributed by atoms with van der Waals surface area (Å²) in [5.41, 5.74) is 8.98. The van der Waals surface area contributed by atoms with E-state index in [-0.39, 0.29) is 5.82 Å². The van der Waals surface area contributed by atoms with Crippen molar-refractivity contribution in [1.29, 1.82) is 0 Å². The third kappa shape index (κ3) is 2.19. The largest absolute Gasteiger partial charge is 0.398 e. The van der Waals surface area contributed by atoms with Crippen molar-refractivity contribution in [1.82, 2.24) is 4.98 Å². The predicted octanol–water partition coefficient (Wildman–Crippen LogP) is 2.70. The zero-order valence-corrected chi connectivity index (χ0v) is 9.07. The van der Waals surface area contributed by atoms with Gasteiger partial charge in [-0.25, -0.2) is 4.39 Å². The van der Waals surface area contributed by atoms with Crippen LogP contribution in [0.3, 0.4) is 0 Å². The quantitative estimate of drug-likeness (QED) is 0.838. The van der Waals surface area contributed by atoms with Gasteiger partial charge in [0.15, 0.2) is 0 Å². The molecule has 0 aliphatic heterocycles. The molecular weight excluding hydrogens is 203 g/mol. The zero-order chi connectivity index (χ0) is 11.5. The highest BCUT2D eigenvalue weighted by molar-refractivity contribution is 5.46. The average molecular weight is 216 g/mol. The number of anilines is 1. The standard InChI is InChI=1S/C13H13FN2/c1-9-2-3-10(7-12(9)14)6-11-8-16-5-4-13(11)15/h2-5,7-8H,6H2,1H3,(H2,15,16). The van der Waals surface area contributed by atoms with Gasteiger partial charge in [-0.05, 0) is 35.7 Å². The normalized spacial score (nSPS) is 10.4. The number of hydrogen-bond donors (Lipinski definition) is 1. The second-order valence-corrected chi connectivity index (χ2v) is 3.83. The van der Waals surface area contributed by atoms with Crippen LogP contribution in [0.25, 0.3) is 0 Å². The molecule has 0 amide bonds. The van der Waals surface area contributed by atoms with Crippen molar-refractivity contribution >= 4 is 5.69 Å². The van der Waals surface area contributed by atoms with E-state index in [0.29, 0.717) is 17.7 Å². The maximum absolute atomic E-state index is 13.3. The zero-order valence-electron chi connectivity index (χ0n) is 9.07. The smallest absolute Gasteiger partial charge is 0.126 e. The predicted molar refractivity (Wildman–Crippen MR) is 62.6 cm³/mol. The summed E-state index contributed by atoms with van der Waals surface area (Å²) in [5, 5.41) is 0. The first-order valence-corrected chi connectivity index (χ1v) is 5.10. The molecule has 82 valence electrons. The number of nitrogens with zero attached hydrogens (tertiary/aromatic N) is 1. The summed E-state index contributed by atoms with van der Waals surface area (Å²) in [4.78, 5) is 4.01. The van der Waals surface area contributed by atoms with Crippen LogP contribution in [-0.4, -0.2) is 4.98 Å². The van der Waals surface area contributed by atoms with Crippen LogP contribution in [0.1, 0.15) is 16.7 Å². The Morgan fingerprint density at radius 1 is 1.31 bits per heavy atom. The lowest BCUT2D eigenvalue weighted by Gasteiger charge is -2.05. The molecule has 0 saturated carbocycles. The van der Waals surface area contributed by atoms with E-state index in [4.69, 9.17) is 5.73 Å². The minimum atomic E-state index is -0.181. The lowest BCUT2D eigenvalue weighted by molar-refractivity contribution is 0.616. The maximum Gasteiger partial charge on any atom is 0.126 e. The molecule has 2 nitrogen and oxygen atoms in total. The first-order valence-electron chi connectivity index (χ1n) is 5.10. The molecule has 2 N–H and O–H groups in total. The molecule has 1 aromatic heterocycles. The Labute approximate surface area is 93.9 Å². The SMILES string of the molecule is Cc1ccc(Cc2cnccc2N)cc1F. The number of nitrogens with two attached hydrogens (primary N) is 1. The van der Waals surface area contributed by atoms with Gasteiger partial charge in [0, 0.05) is 24.5 Å². The van der Waals surface area contributed by atoms with Gasteiger partial charge in [-0.15, -0.1) is 0 Å². The van der Waals surface area contributed by atoms with E-state index in [1.807, 2.05) is 6.07 Å².